The van der Waals surface area contributed by atoms with Crippen molar-refractivity contribution < 1.29 is 9.52 Å². The number of aliphatic hydroxyl groups is 1. The van der Waals surface area contributed by atoms with Gasteiger partial charge in [-0.3, -0.25) is 0 Å². The molecule has 0 aliphatic carbocycles. The molecule has 1 aliphatic heterocycles. The second-order valence-corrected chi connectivity index (χ2v) is 3.53. The fraction of sp³-hybridized carbons (Fsp3) is 0.667. The van der Waals surface area contributed by atoms with Gasteiger partial charge in [-0.25, -0.2) is 4.98 Å². The highest BCUT2D eigenvalue weighted by atomic mass is 16.4. The number of aromatic nitrogens is 1. The zero-order chi connectivity index (χ0) is 9.97. The molecule has 1 saturated heterocycles. The highest BCUT2D eigenvalue weighted by Gasteiger charge is 2.18. The first kappa shape index (κ1) is 9.48. The molecule has 0 bridgehead atoms. The Morgan fingerprint density at radius 3 is 2.93 bits per heavy atom. The minimum absolute atomic E-state index is 0.116. The molecular formula is C9H15N3O2. The summed E-state index contributed by atoms with van der Waals surface area (Å²) in [4.78, 5) is 6.23. The lowest BCUT2D eigenvalue weighted by Gasteiger charge is -2.11. The van der Waals surface area contributed by atoms with Crippen molar-refractivity contribution in [2.24, 2.45) is 5.73 Å². The summed E-state index contributed by atoms with van der Waals surface area (Å²) in [6.45, 7) is 1.87. The van der Waals surface area contributed by atoms with Crippen molar-refractivity contribution in [3.05, 3.63) is 12.0 Å². The summed E-state index contributed by atoms with van der Waals surface area (Å²) in [5.41, 5.74) is 5.60. The van der Waals surface area contributed by atoms with E-state index in [0.717, 1.165) is 13.1 Å². The van der Waals surface area contributed by atoms with E-state index in [4.69, 9.17) is 15.3 Å². The van der Waals surface area contributed by atoms with Crippen LogP contribution >= 0.6 is 0 Å². The maximum atomic E-state index is 8.84. The van der Waals surface area contributed by atoms with E-state index < -0.39 is 6.04 Å². The average molecular weight is 197 g/mol. The van der Waals surface area contributed by atoms with Gasteiger partial charge < -0.3 is 20.2 Å². The van der Waals surface area contributed by atoms with E-state index in [9.17, 15) is 0 Å². The van der Waals surface area contributed by atoms with Crippen LogP contribution < -0.4 is 10.6 Å². The lowest BCUT2D eigenvalue weighted by atomic mass is 10.3. The number of nitrogens with two attached hydrogens (primary N) is 1. The Kier molecular flexibility index (Phi) is 2.69. The maximum absolute atomic E-state index is 8.84. The molecule has 1 fully saturated rings. The fourth-order valence-electron chi connectivity index (χ4n) is 1.59. The number of nitrogens with zero attached hydrogens (tertiary/aromatic N) is 2. The topological polar surface area (TPSA) is 75.5 Å². The molecule has 1 unspecified atom stereocenters. The van der Waals surface area contributed by atoms with E-state index in [-0.39, 0.29) is 6.61 Å². The van der Waals surface area contributed by atoms with Crippen molar-refractivity contribution in [1.82, 2.24) is 4.98 Å². The fourth-order valence-corrected chi connectivity index (χ4v) is 1.59. The van der Waals surface area contributed by atoms with Gasteiger partial charge in [-0.2, -0.15) is 0 Å². The zero-order valence-corrected chi connectivity index (χ0v) is 8.02. The summed E-state index contributed by atoms with van der Waals surface area (Å²) in [5.74, 6) is 0.550. The molecule has 0 radical (unpaired) electrons. The van der Waals surface area contributed by atoms with Gasteiger partial charge in [0, 0.05) is 13.1 Å². The standard InChI is InChI=1S/C9H15N3O2/c10-7(6-13)8-5-11-9(14-8)12-3-1-2-4-12/h5,7,13H,1-4,6,10H2. The van der Waals surface area contributed by atoms with Gasteiger partial charge in [-0.1, -0.05) is 0 Å². The molecule has 1 aliphatic rings. The molecule has 1 aromatic rings. The monoisotopic (exact) mass is 197 g/mol. The largest absolute Gasteiger partial charge is 0.427 e. The van der Waals surface area contributed by atoms with Crippen molar-refractivity contribution in [2.75, 3.05) is 24.6 Å². The molecule has 3 N–H and O–H groups in total. The second-order valence-electron chi connectivity index (χ2n) is 3.53. The quantitative estimate of drug-likeness (QED) is 0.727. The van der Waals surface area contributed by atoms with Gasteiger partial charge >= 0.3 is 0 Å². The lowest BCUT2D eigenvalue weighted by Crippen LogP contribution is -2.18. The van der Waals surface area contributed by atoms with Crippen molar-refractivity contribution in [1.29, 1.82) is 0 Å². The summed E-state index contributed by atoms with van der Waals surface area (Å²) in [7, 11) is 0. The Labute approximate surface area is 82.5 Å². The van der Waals surface area contributed by atoms with E-state index in [1.165, 1.54) is 12.8 Å². The summed E-state index contributed by atoms with van der Waals surface area (Å²) in [6, 6.07) is 0.167. The molecule has 5 nitrogen and oxygen atoms in total. The Morgan fingerprint density at radius 1 is 1.57 bits per heavy atom. The molecule has 2 rings (SSSR count). The number of oxazole rings is 1. The van der Waals surface area contributed by atoms with Gasteiger partial charge in [0.1, 0.15) is 5.76 Å². The predicted molar refractivity (Wildman–Crippen MR) is 52.0 cm³/mol. The predicted octanol–water partition coefficient (Wildman–Crippen LogP) is 0.267. The van der Waals surface area contributed by atoms with Crippen LogP contribution in [0.5, 0.6) is 0 Å². The second kappa shape index (κ2) is 3.98. The lowest BCUT2D eigenvalue weighted by molar-refractivity contribution is 0.252. The highest BCUT2D eigenvalue weighted by molar-refractivity contribution is 5.28. The van der Waals surface area contributed by atoms with Crippen molar-refractivity contribution in [3.8, 4) is 0 Å². The smallest absolute Gasteiger partial charge is 0.297 e. The van der Waals surface area contributed by atoms with Gasteiger partial charge in [0.2, 0.25) is 0 Å². The molecular weight excluding hydrogens is 182 g/mol. The zero-order valence-electron chi connectivity index (χ0n) is 8.02. The number of anilines is 1. The highest BCUT2D eigenvalue weighted by Crippen LogP contribution is 2.21. The van der Waals surface area contributed by atoms with E-state index >= 15 is 0 Å². The van der Waals surface area contributed by atoms with E-state index in [1.54, 1.807) is 6.20 Å². The summed E-state index contributed by atoms with van der Waals surface area (Å²) < 4.78 is 5.45. The Bertz CT molecular complexity index is 294. The molecule has 14 heavy (non-hydrogen) atoms. The summed E-state index contributed by atoms with van der Waals surface area (Å²) in [6.07, 6.45) is 3.96. The molecule has 5 heteroatoms. The van der Waals surface area contributed by atoms with Crippen LogP contribution in [0.2, 0.25) is 0 Å². The van der Waals surface area contributed by atoms with E-state index in [0.29, 0.717) is 11.8 Å². The Morgan fingerprint density at radius 2 is 2.29 bits per heavy atom. The van der Waals surface area contributed by atoms with Gasteiger partial charge in [0.25, 0.3) is 6.01 Å². The first-order chi connectivity index (χ1) is 6.81. The average Bonchev–Trinajstić information content (AvgIpc) is 2.86. The first-order valence-electron chi connectivity index (χ1n) is 4.88. The van der Waals surface area contributed by atoms with Crippen molar-refractivity contribution in [2.45, 2.75) is 18.9 Å². The SMILES string of the molecule is NC(CO)c1cnc(N2CCCC2)o1. The van der Waals surface area contributed by atoms with Crippen LogP contribution in [0.25, 0.3) is 0 Å². The van der Waals surface area contributed by atoms with Crippen LogP contribution in [0.3, 0.4) is 0 Å². The number of aliphatic hydroxyl groups excluding tert-OH is 1. The minimum Gasteiger partial charge on any atom is -0.427 e. The molecule has 0 amide bonds. The number of hydrogen-bond donors (Lipinski definition) is 2. The number of rotatable bonds is 3. The van der Waals surface area contributed by atoms with E-state index in [1.807, 2.05) is 0 Å². The molecule has 78 valence electrons. The molecule has 1 aromatic heterocycles. The Hall–Kier alpha value is -1.07. The number of hydrogen-bond acceptors (Lipinski definition) is 5. The van der Waals surface area contributed by atoms with Gasteiger partial charge in [0.05, 0.1) is 18.8 Å². The molecule has 2 heterocycles. The maximum Gasteiger partial charge on any atom is 0.297 e. The Balaban J connectivity index is 2.08. The van der Waals surface area contributed by atoms with E-state index in [2.05, 4.69) is 9.88 Å². The molecule has 0 spiro atoms. The van der Waals surface area contributed by atoms with Crippen molar-refractivity contribution >= 4 is 6.01 Å². The molecule has 0 saturated carbocycles. The summed E-state index contributed by atoms with van der Waals surface area (Å²) >= 11 is 0. The van der Waals surface area contributed by atoms with Crippen LogP contribution in [-0.2, 0) is 0 Å². The molecule has 1 atom stereocenters. The van der Waals surface area contributed by atoms with Crippen LogP contribution in [0.15, 0.2) is 10.6 Å². The van der Waals surface area contributed by atoms with Gasteiger partial charge in [0.15, 0.2) is 0 Å². The van der Waals surface area contributed by atoms with Gasteiger partial charge in [-0.05, 0) is 12.8 Å². The molecule has 0 aromatic carbocycles. The van der Waals surface area contributed by atoms with Crippen molar-refractivity contribution in [3.63, 3.8) is 0 Å². The minimum atomic E-state index is -0.459. The van der Waals surface area contributed by atoms with Crippen LogP contribution in [0.1, 0.15) is 24.6 Å². The third kappa shape index (κ3) is 1.73. The van der Waals surface area contributed by atoms with Crippen LogP contribution in [0, 0.1) is 0 Å². The van der Waals surface area contributed by atoms with Crippen LogP contribution in [0.4, 0.5) is 6.01 Å². The third-order valence-corrected chi connectivity index (χ3v) is 2.45. The third-order valence-electron chi connectivity index (χ3n) is 2.45. The first-order valence-corrected chi connectivity index (χ1v) is 4.88. The summed E-state index contributed by atoms with van der Waals surface area (Å²) in [5, 5.41) is 8.84. The van der Waals surface area contributed by atoms with Gasteiger partial charge in [-0.15, -0.1) is 0 Å². The van der Waals surface area contributed by atoms with Crippen LogP contribution in [-0.4, -0.2) is 29.8 Å². The normalized spacial score (nSPS) is 18.9.